The van der Waals surface area contributed by atoms with E-state index in [1.165, 1.54) is 0 Å². The summed E-state index contributed by atoms with van der Waals surface area (Å²) in [5.41, 5.74) is 8.21. The van der Waals surface area contributed by atoms with Crippen molar-refractivity contribution in [1.82, 2.24) is 0 Å². The average Bonchev–Trinajstić information content (AvgIpc) is 2.37. The number of benzene rings is 2. The number of hydrogen-bond acceptors (Lipinski definition) is 3. The molecule has 2 aromatic rings. The standard InChI is InChI=1S/C14H16N2O/c15-12-7-4-8-13(9-12)16-10-14(17)11-5-2-1-3-6-11/h1-9,14,16-17H,10,15H2/t14-/m0/s1. The maximum absolute atomic E-state index is 9.96. The van der Waals surface area contributed by atoms with Crippen LogP contribution in [0.25, 0.3) is 0 Å². The second kappa shape index (κ2) is 5.37. The molecular weight excluding hydrogens is 212 g/mol. The van der Waals surface area contributed by atoms with Crippen LogP contribution in [0.1, 0.15) is 11.7 Å². The van der Waals surface area contributed by atoms with E-state index in [-0.39, 0.29) is 0 Å². The molecule has 0 heterocycles. The molecule has 88 valence electrons. The van der Waals surface area contributed by atoms with Gasteiger partial charge in [0.15, 0.2) is 0 Å². The first kappa shape index (κ1) is 11.5. The van der Waals surface area contributed by atoms with Gasteiger partial charge in [-0.25, -0.2) is 0 Å². The quantitative estimate of drug-likeness (QED) is 0.704. The van der Waals surface area contributed by atoms with Crippen LogP contribution in [0.3, 0.4) is 0 Å². The number of rotatable bonds is 4. The molecule has 0 saturated carbocycles. The minimum atomic E-state index is -0.516. The highest BCUT2D eigenvalue weighted by Crippen LogP contribution is 2.15. The third-order valence-electron chi connectivity index (χ3n) is 2.57. The van der Waals surface area contributed by atoms with Gasteiger partial charge in [-0.1, -0.05) is 36.4 Å². The molecule has 0 saturated heterocycles. The van der Waals surface area contributed by atoms with Gasteiger partial charge in [0.05, 0.1) is 6.10 Å². The summed E-state index contributed by atoms with van der Waals surface area (Å²) in [6.07, 6.45) is -0.516. The summed E-state index contributed by atoms with van der Waals surface area (Å²) >= 11 is 0. The Hall–Kier alpha value is -2.00. The van der Waals surface area contributed by atoms with Gasteiger partial charge in [0, 0.05) is 17.9 Å². The van der Waals surface area contributed by atoms with Crippen LogP contribution in [0.2, 0.25) is 0 Å². The molecule has 0 fully saturated rings. The molecule has 0 amide bonds. The van der Waals surface area contributed by atoms with E-state index < -0.39 is 6.10 Å². The van der Waals surface area contributed by atoms with Crippen molar-refractivity contribution in [3.8, 4) is 0 Å². The Morgan fingerprint density at radius 2 is 1.82 bits per heavy atom. The van der Waals surface area contributed by atoms with Crippen molar-refractivity contribution in [2.24, 2.45) is 0 Å². The molecule has 0 bridgehead atoms. The van der Waals surface area contributed by atoms with Crippen LogP contribution >= 0.6 is 0 Å². The summed E-state index contributed by atoms with van der Waals surface area (Å²) in [5.74, 6) is 0. The lowest BCUT2D eigenvalue weighted by Crippen LogP contribution is -2.12. The number of nitrogens with one attached hydrogen (secondary N) is 1. The first-order valence-electron chi connectivity index (χ1n) is 5.58. The largest absolute Gasteiger partial charge is 0.399 e. The Bertz CT molecular complexity index is 471. The van der Waals surface area contributed by atoms with E-state index in [0.717, 1.165) is 11.3 Å². The molecule has 0 aliphatic heterocycles. The highest BCUT2D eigenvalue weighted by molar-refractivity contribution is 5.54. The predicted molar refractivity (Wildman–Crippen MR) is 70.7 cm³/mol. The summed E-state index contributed by atoms with van der Waals surface area (Å²) in [4.78, 5) is 0. The van der Waals surface area contributed by atoms with E-state index in [9.17, 15) is 5.11 Å². The van der Waals surface area contributed by atoms with Gasteiger partial charge in [-0.2, -0.15) is 0 Å². The first-order valence-corrected chi connectivity index (χ1v) is 5.58. The van der Waals surface area contributed by atoms with Crippen molar-refractivity contribution in [2.75, 3.05) is 17.6 Å². The van der Waals surface area contributed by atoms with Gasteiger partial charge in [0.2, 0.25) is 0 Å². The molecule has 0 unspecified atom stereocenters. The van der Waals surface area contributed by atoms with Crippen LogP contribution < -0.4 is 11.1 Å². The topological polar surface area (TPSA) is 58.3 Å². The highest BCUT2D eigenvalue weighted by Gasteiger charge is 2.05. The molecule has 0 radical (unpaired) electrons. The van der Waals surface area contributed by atoms with Crippen molar-refractivity contribution in [1.29, 1.82) is 0 Å². The first-order chi connectivity index (χ1) is 8.25. The van der Waals surface area contributed by atoms with Gasteiger partial charge < -0.3 is 16.2 Å². The fourth-order valence-corrected chi connectivity index (χ4v) is 1.66. The van der Waals surface area contributed by atoms with Crippen LogP contribution in [0.5, 0.6) is 0 Å². The minimum Gasteiger partial charge on any atom is -0.399 e. The number of hydrogen-bond donors (Lipinski definition) is 3. The van der Waals surface area contributed by atoms with Gasteiger partial charge in [-0.15, -0.1) is 0 Å². The molecule has 3 heteroatoms. The van der Waals surface area contributed by atoms with Crippen LogP contribution in [0.15, 0.2) is 54.6 Å². The van der Waals surface area contributed by atoms with Gasteiger partial charge in [-0.3, -0.25) is 0 Å². The maximum atomic E-state index is 9.96. The Labute approximate surface area is 101 Å². The molecule has 1 atom stereocenters. The van der Waals surface area contributed by atoms with Gasteiger partial charge >= 0.3 is 0 Å². The lowest BCUT2D eigenvalue weighted by atomic mass is 10.1. The minimum absolute atomic E-state index is 0.466. The van der Waals surface area contributed by atoms with E-state index in [1.807, 2.05) is 54.6 Å². The van der Waals surface area contributed by atoms with E-state index in [1.54, 1.807) is 0 Å². The molecule has 0 aromatic heterocycles. The molecule has 4 N–H and O–H groups in total. The van der Waals surface area contributed by atoms with Crippen molar-refractivity contribution in [3.63, 3.8) is 0 Å². The fraction of sp³-hybridized carbons (Fsp3) is 0.143. The van der Waals surface area contributed by atoms with E-state index >= 15 is 0 Å². The zero-order valence-electron chi connectivity index (χ0n) is 9.51. The SMILES string of the molecule is Nc1cccc(NC[C@H](O)c2ccccc2)c1. The molecule has 17 heavy (non-hydrogen) atoms. The van der Waals surface area contributed by atoms with E-state index in [4.69, 9.17) is 5.73 Å². The maximum Gasteiger partial charge on any atom is 0.0962 e. The number of aliphatic hydroxyl groups excluding tert-OH is 1. The molecule has 0 aliphatic carbocycles. The monoisotopic (exact) mass is 228 g/mol. The Balaban J connectivity index is 1.95. The van der Waals surface area contributed by atoms with Crippen molar-refractivity contribution < 1.29 is 5.11 Å². The molecule has 0 spiro atoms. The third kappa shape index (κ3) is 3.23. The normalized spacial score (nSPS) is 12.1. The van der Waals surface area contributed by atoms with E-state index in [0.29, 0.717) is 12.2 Å². The van der Waals surface area contributed by atoms with E-state index in [2.05, 4.69) is 5.32 Å². The average molecular weight is 228 g/mol. The summed E-state index contributed by atoms with van der Waals surface area (Å²) < 4.78 is 0. The van der Waals surface area contributed by atoms with Crippen molar-refractivity contribution >= 4 is 11.4 Å². The summed E-state index contributed by atoms with van der Waals surface area (Å²) in [6, 6.07) is 17.1. The lowest BCUT2D eigenvalue weighted by Gasteiger charge is -2.13. The zero-order valence-corrected chi connectivity index (χ0v) is 9.51. The summed E-state index contributed by atoms with van der Waals surface area (Å²) in [7, 11) is 0. The van der Waals surface area contributed by atoms with Crippen LogP contribution in [-0.4, -0.2) is 11.7 Å². The van der Waals surface area contributed by atoms with Gasteiger partial charge in [0.25, 0.3) is 0 Å². The van der Waals surface area contributed by atoms with Gasteiger partial charge in [-0.05, 0) is 23.8 Å². The number of aliphatic hydroxyl groups is 1. The predicted octanol–water partition coefficient (Wildman–Crippen LogP) is 2.41. The Morgan fingerprint density at radius 1 is 1.06 bits per heavy atom. The zero-order chi connectivity index (χ0) is 12.1. The van der Waals surface area contributed by atoms with Crippen molar-refractivity contribution in [3.05, 3.63) is 60.2 Å². The summed E-state index contributed by atoms with van der Waals surface area (Å²) in [5, 5.41) is 13.1. The van der Waals surface area contributed by atoms with Gasteiger partial charge in [0.1, 0.15) is 0 Å². The number of nitrogens with two attached hydrogens (primary N) is 1. The van der Waals surface area contributed by atoms with Crippen molar-refractivity contribution in [2.45, 2.75) is 6.10 Å². The number of anilines is 2. The summed E-state index contributed by atoms with van der Waals surface area (Å²) in [6.45, 7) is 0.466. The molecule has 2 rings (SSSR count). The van der Waals surface area contributed by atoms with Crippen LogP contribution in [-0.2, 0) is 0 Å². The third-order valence-corrected chi connectivity index (χ3v) is 2.57. The van der Waals surface area contributed by atoms with Crippen LogP contribution in [0.4, 0.5) is 11.4 Å². The highest BCUT2D eigenvalue weighted by atomic mass is 16.3. The fourth-order valence-electron chi connectivity index (χ4n) is 1.66. The molecular formula is C14H16N2O. The smallest absolute Gasteiger partial charge is 0.0962 e. The number of nitrogen functional groups attached to an aromatic ring is 1. The second-order valence-electron chi connectivity index (χ2n) is 3.93. The van der Waals surface area contributed by atoms with Crippen LogP contribution in [0, 0.1) is 0 Å². The Morgan fingerprint density at radius 3 is 2.53 bits per heavy atom. The lowest BCUT2D eigenvalue weighted by molar-refractivity contribution is 0.191. The molecule has 0 aliphatic rings. The second-order valence-corrected chi connectivity index (χ2v) is 3.93. The Kier molecular flexibility index (Phi) is 3.62. The molecule has 2 aromatic carbocycles. The molecule has 3 nitrogen and oxygen atoms in total.